The van der Waals surface area contributed by atoms with Crippen molar-refractivity contribution in [2.24, 2.45) is 0 Å². The average Bonchev–Trinajstić information content (AvgIpc) is 3.08. The second kappa shape index (κ2) is 8.99. The summed E-state index contributed by atoms with van der Waals surface area (Å²) in [4.78, 5) is 0. The molecule has 148 valence electrons. The molecule has 0 bridgehead atoms. The van der Waals surface area contributed by atoms with Gasteiger partial charge >= 0.3 is 0 Å². The number of hydrogen-bond acceptors (Lipinski definition) is 4. The van der Waals surface area contributed by atoms with Gasteiger partial charge in [0, 0.05) is 12.7 Å². The molecule has 1 aliphatic carbocycles. The van der Waals surface area contributed by atoms with Crippen LogP contribution >= 0.6 is 0 Å². The summed E-state index contributed by atoms with van der Waals surface area (Å²) in [5.74, 6) is 0.613. The lowest BCUT2D eigenvalue weighted by atomic mass is 9.83. The zero-order chi connectivity index (χ0) is 19.3. The lowest BCUT2D eigenvalue weighted by Gasteiger charge is -2.30. The molecular weight excluding hydrogens is 362 g/mol. The van der Waals surface area contributed by atoms with Gasteiger partial charge in [0.2, 0.25) is 10.0 Å². The molecule has 1 saturated carbocycles. The molecule has 0 amide bonds. The maximum Gasteiger partial charge on any atom is 0.208 e. The topological polar surface area (TPSA) is 73.2 Å². The number of nitrogens with one attached hydrogen (secondary N) is 1. The van der Waals surface area contributed by atoms with Crippen LogP contribution in [0.15, 0.2) is 42.6 Å². The Morgan fingerprint density at radius 2 is 1.89 bits per heavy atom. The highest BCUT2D eigenvalue weighted by Crippen LogP contribution is 2.34. The van der Waals surface area contributed by atoms with Crippen molar-refractivity contribution < 1.29 is 13.2 Å². The molecule has 1 aromatic carbocycles. The summed E-state index contributed by atoms with van der Waals surface area (Å²) in [5, 5.41) is 4.43. The van der Waals surface area contributed by atoms with Crippen molar-refractivity contribution in [3.8, 4) is 0 Å². The maximum atomic E-state index is 11.5. The van der Waals surface area contributed by atoms with Crippen LogP contribution in [-0.4, -0.2) is 43.7 Å². The number of benzene rings is 1. The van der Waals surface area contributed by atoms with Gasteiger partial charge in [0.15, 0.2) is 0 Å². The van der Waals surface area contributed by atoms with E-state index in [-0.39, 0.29) is 18.7 Å². The molecule has 27 heavy (non-hydrogen) atoms. The van der Waals surface area contributed by atoms with Gasteiger partial charge in [-0.05, 0) is 50.2 Å². The molecule has 0 spiro atoms. The highest BCUT2D eigenvalue weighted by atomic mass is 32.2. The first-order valence-electron chi connectivity index (χ1n) is 9.53. The monoisotopic (exact) mass is 391 g/mol. The van der Waals surface area contributed by atoms with Crippen molar-refractivity contribution in [1.82, 2.24) is 14.5 Å². The lowest BCUT2D eigenvalue weighted by Crippen LogP contribution is -2.34. The van der Waals surface area contributed by atoms with Gasteiger partial charge in [0.1, 0.15) is 0 Å². The third-order valence-corrected chi connectivity index (χ3v) is 5.86. The van der Waals surface area contributed by atoms with Gasteiger partial charge in [-0.15, -0.1) is 0 Å². The van der Waals surface area contributed by atoms with E-state index in [9.17, 15) is 8.42 Å². The normalized spacial score (nSPS) is 21.9. The van der Waals surface area contributed by atoms with Gasteiger partial charge in [0.25, 0.3) is 0 Å². The minimum atomic E-state index is -3.25. The Balaban J connectivity index is 1.53. The van der Waals surface area contributed by atoms with Crippen LogP contribution < -0.4 is 4.72 Å². The van der Waals surface area contributed by atoms with Gasteiger partial charge < -0.3 is 4.74 Å². The molecule has 1 aliphatic rings. The Morgan fingerprint density at radius 1 is 1.19 bits per heavy atom. The van der Waals surface area contributed by atoms with Crippen molar-refractivity contribution >= 4 is 10.0 Å². The summed E-state index contributed by atoms with van der Waals surface area (Å²) in [6, 6.07) is 12.4. The fourth-order valence-electron chi connectivity index (χ4n) is 3.65. The van der Waals surface area contributed by atoms with Crippen molar-refractivity contribution in [2.45, 2.75) is 50.7 Å². The van der Waals surface area contributed by atoms with Crippen LogP contribution in [0.5, 0.6) is 0 Å². The van der Waals surface area contributed by atoms with E-state index < -0.39 is 10.0 Å². The predicted molar refractivity (Wildman–Crippen MR) is 106 cm³/mol. The third kappa shape index (κ3) is 6.16. The Kier molecular flexibility index (Phi) is 6.68. The molecule has 0 saturated heterocycles. The van der Waals surface area contributed by atoms with Crippen LogP contribution in [0.4, 0.5) is 0 Å². The summed E-state index contributed by atoms with van der Waals surface area (Å²) in [6.07, 6.45) is 7.59. The van der Waals surface area contributed by atoms with Gasteiger partial charge in [-0.3, -0.25) is 4.68 Å². The SMILES string of the molecule is Cc1ccn(C(CNS(C)(=O)=O)COC2CCC(c3ccccc3)CC2)n1. The van der Waals surface area contributed by atoms with E-state index in [2.05, 4.69) is 40.2 Å². The summed E-state index contributed by atoms with van der Waals surface area (Å²) >= 11 is 0. The fourth-order valence-corrected chi connectivity index (χ4v) is 4.14. The first-order chi connectivity index (χ1) is 12.9. The van der Waals surface area contributed by atoms with Crippen molar-refractivity contribution in [2.75, 3.05) is 19.4 Å². The molecule has 1 atom stereocenters. The molecular formula is C20H29N3O3S. The van der Waals surface area contributed by atoms with E-state index in [1.165, 1.54) is 11.8 Å². The highest BCUT2D eigenvalue weighted by molar-refractivity contribution is 7.88. The Bertz CT molecular complexity index is 812. The van der Waals surface area contributed by atoms with Gasteiger partial charge in [-0.1, -0.05) is 30.3 Å². The number of aryl methyl sites for hydroxylation is 1. The number of rotatable bonds is 8. The van der Waals surface area contributed by atoms with E-state index in [4.69, 9.17) is 4.74 Å². The van der Waals surface area contributed by atoms with Gasteiger partial charge in [-0.2, -0.15) is 5.10 Å². The molecule has 3 rings (SSSR count). The summed E-state index contributed by atoms with van der Waals surface area (Å²) in [6.45, 7) is 2.65. The number of sulfonamides is 1. The molecule has 6 nitrogen and oxygen atoms in total. The smallest absolute Gasteiger partial charge is 0.208 e. The number of ether oxygens (including phenoxy) is 1. The number of hydrogen-bond donors (Lipinski definition) is 1. The van der Waals surface area contributed by atoms with Crippen molar-refractivity contribution in [3.05, 3.63) is 53.9 Å². The van der Waals surface area contributed by atoms with Gasteiger partial charge in [-0.25, -0.2) is 13.1 Å². The van der Waals surface area contributed by atoms with E-state index in [1.54, 1.807) is 4.68 Å². The van der Waals surface area contributed by atoms with Crippen molar-refractivity contribution in [3.63, 3.8) is 0 Å². The molecule has 2 aromatic rings. The summed E-state index contributed by atoms with van der Waals surface area (Å²) in [7, 11) is -3.25. The summed E-state index contributed by atoms with van der Waals surface area (Å²) in [5.41, 5.74) is 2.32. The Hall–Kier alpha value is -1.70. The molecule has 1 unspecified atom stereocenters. The first-order valence-corrected chi connectivity index (χ1v) is 11.4. The molecule has 1 aromatic heterocycles. The largest absolute Gasteiger partial charge is 0.376 e. The number of nitrogens with zero attached hydrogens (tertiary/aromatic N) is 2. The van der Waals surface area contributed by atoms with Crippen LogP contribution in [0.25, 0.3) is 0 Å². The van der Waals surface area contributed by atoms with E-state index in [0.29, 0.717) is 12.5 Å². The zero-order valence-corrected chi connectivity index (χ0v) is 16.9. The van der Waals surface area contributed by atoms with Crippen LogP contribution in [-0.2, 0) is 14.8 Å². The summed E-state index contributed by atoms with van der Waals surface area (Å²) < 4.78 is 33.5. The molecule has 1 fully saturated rings. The molecule has 0 radical (unpaired) electrons. The van der Waals surface area contributed by atoms with E-state index in [1.807, 2.05) is 19.2 Å². The predicted octanol–water partition coefficient (Wildman–Crippen LogP) is 3.02. The minimum Gasteiger partial charge on any atom is -0.376 e. The van der Waals surface area contributed by atoms with Crippen LogP contribution in [0.2, 0.25) is 0 Å². The Labute approximate surface area is 162 Å². The second-order valence-corrected chi connectivity index (χ2v) is 9.26. The first kappa shape index (κ1) is 20.0. The maximum absolute atomic E-state index is 11.5. The average molecular weight is 392 g/mol. The van der Waals surface area contributed by atoms with E-state index >= 15 is 0 Å². The van der Waals surface area contributed by atoms with E-state index in [0.717, 1.165) is 31.4 Å². The molecule has 0 aliphatic heterocycles. The van der Waals surface area contributed by atoms with Crippen LogP contribution in [0.3, 0.4) is 0 Å². The second-order valence-electron chi connectivity index (χ2n) is 7.43. The third-order valence-electron chi connectivity index (χ3n) is 5.17. The molecule has 1 heterocycles. The molecule has 1 N–H and O–H groups in total. The zero-order valence-electron chi connectivity index (χ0n) is 16.0. The molecule has 7 heteroatoms. The highest BCUT2D eigenvalue weighted by Gasteiger charge is 2.24. The van der Waals surface area contributed by atoms with Crippen LogP contribution in [0.1, 0.15) is 48.9 Å². The minimum absolute atomic E-state index is 0.153. The Morgan fingerprint density at radius 3 is 2.48 bits per heavy atom. The standard InChI is InChI=1S/C20H29N3O3S/c1-16-12-13-23(22-16)19(14-21-27(2,24)25)15-26-20-10-8-18(9-11-20)17-6-4-3-5-7-17/h3-7,12-13,18-21H,8-11,14-15H2,1-2H3. The van der Waals surface area contributed by atoms with Crippen LogP contribution in [0, 0.1) is 6.92 Å². The van der Waals surface area contributed by atoms with Gasteiger partial charge in [0.05, 0.1) is 30.7 Å². The van der Waals surface area contributed by atoms with Crippen molar-refractivity contribution in [1.29, 1.82) is 0 Å². The lowest BCUT2D eigenvalue weighted by molar-refractivity contribution is 0.00605. The fraction of sp³-hybridized carbons (Fsp3) is 0.550. The quantitative estimate of drug-likeness (QED) is 0.751. The number of aromatic nitrogens is 2.